The molecule has 0 N–H and O–H groups in total. The fourth-order valence-corrected chi connectivity index (χ4v) is 3.35. The first kappa shape index (κ1) is 14.8. The number of benzene rings is 1. The number of esters is 1. The molecule has 0 unspecified atom stereocenters. The van der Waals surface area contributed by atoms with Gasteiger partial charge in [0, 0.05) is 6.54 Å². The number of carbonyl (C=O) groups excluding carboxylic acids is 3. The molecule has 0 saturated heterocycles. The minimum absolute atomic E-state index is 0.00115. The molecular weight excluding hydrogens is 282 g/mol. The molecule has 5 nitrogen and oxygen atoms in total. The summed E-state index contributed by atoms with van der Waals surface area (Å²) < 4.78 is 5.14. The fourth-order valence-electron chi connectivity index (χ4n) is 3.35. The highest BCUT2D eigenvalue weighted by atomic mass is 16.5. The van der Waals surface area contributed by atoms with Gasteiger partial charge < -0.3 is 4.74 Å². The Morgan fingerprint density at radius 1 is 1.23 bits per heavy atom. The largest absolute Gasteiger partial charge is 0.466 e. The summed E-state index contributed by atoms with van der Waals surface area (Å²) >= 11 is 0. The Labute approximate surface area is 129 Å². The Bertz CT molecular complexity index is 619. The van der Waals surface area contributed by atoms with Crippen molar-refractivity contribution in [1.29, 1.82) is 0 Å². The molecule has 5 heteroatoms. The molecule has 1 saturated carbocycles. The molecule has 116 valence electrons. The van der Waals surface area contributed by atoms with Crippen molar-refractivity contribution in [2.75, 3.05) is 13.2 Å². The van der Waals surface area contributed by atoms with Crippen LogP contribution in [0.1, 0.15) is 47.4 Å². The van der Waals surface area contributed by atoms with Crippen molar-refractivity contribution in [2.24, 2.45) is 11.3 Å². The van der Waals surface area contributed by atoms with Crippen molar-refractivity contribution in [3.8, 4) is 0 Å². The molecule has 0 radical (unpaired) electrons. The van der Waals surface area contributed by atoms with Crippen LogP contribution in [-0.2, 0) is 9.53 Å². The number of amides is 2. The summed E-state index contributed by atoms with van der Waals surface area (Å²) in [5, 5.41) is 0. The second-order valence-electron chi connectivity index (χ2n) is 5.90. The number of hydrogen-bond donors (Lipinski definition) is 0. The fraction of sp³-hybridized carbons (Fsp3) is 0.471. The van der Waals surface area contributed by atoms with Crippen molar-refractivity contribution in [3.05, 3.63) is 35.4 Å². The van der Waals surface area contributed by atoms with E-state index in [1.54, 1.807) is 31.2 Å². The Kier molecular flexibility index (Phi) is 3.51. The van der Waals surface area contributed by atoms with Gasteiger partial charge >= 0.3 is 5.97 Å². The Morgan fingerprint density at radius 2 is 1.82 bits per heavy atom. The number of ether oxygens (including phenoxy) is 1. The molecule has 2 aliphatic rings. The number of fused-ring (bicyclic) bond motifs is 1. The third kappa shape index (κ3) is 2.03. The summed E-state index contributed by atoms with van der Waals surface area (Å²) in [6.45, 7) is 4.36. The van der Waals surface area contributed by atoms with Gasteiger partial charge in [0.1, 0.15) is 0 Å². The van der Waals surface area contributed by atoms with Crippen LogP contribution in [0.4, 0.5) is 0 Å². The Morgan fingerprint density at radius 3 is 2.32 bits per heavy atom. The third-order valence-electron chi connectivity index (χ3n) is 4.83. The van der Waals surface area contributed by atoms with Gasteiger partial charge in [0.15, 0.2) is 0 Å². The number of rotatable bonds is 5. The Balaban J connectivity index is 1.75. The summed E-state index contributed by atoms with van der Waals surface area (Å²) in [4.78, 5) is 38.1. The van der Waals surface area contributed by atoms with Gasteiger partial charge in [-0.05, 0) is 37.8 Å². The maximum absolute atomic E-state index is 12.4. The van der Waals surface area contributed by atoms with Crippen LogP contribution >= 0.6 is 0 Å². The standard InChI is InChI=1S/C17H19NO4/c1-3-17(16(21)22-4-2)9-11(17)10-18-14(19)12-7-5-6-8-13(12)15(18)20/h5-8,11H,3-4,9-10H2,1-2H3/t11-,17+/m1/s1. The van der Waals surface area contributed by atoms with Gasteiger partial charge in [-0.25, -0.2) is 0 Å². The zero-order valence-corrected chi connectivity index (χ0v) is 12.8. The highest BCUT2D eigenvalue weighted by Gasteiger charge is 2.61. The second kappa shape index (κ2) is 5.23. The predicted octanol–water partition coefficient (Wildman–Crippen LogP) is 2.26. The van der Waals surface area contributed by atoms with Crippen molar-refractivity contribution >= 4 is 17.8 Å². The molecule has 2 amide bonds. The first-order valence-corrected chi connectivity index (χ1v) is 7.67. The van der Waals surface area contributed by atoms with Crippen LogP contribution in [0.3, 0.4) is 0 Å². The van der Waals surface area contributed by atoms with E-state index in [9.17, 15) is 14.4 Å². The average Bonchev–Trinajstić information content (AvgIpc) is 3.20. The molecule has 1 aromatic rings. The molecule has 22 heavy (non-hydrogen) atoms. The number of carbonyl (C=O) groups is 3. The van der Waals surface area contributed by atoms with E-state index in [4.69, 9.17) is 4.74 Å². The van der Waals surface area contributed by atoms with Gasteiger partial charge in [0.2, 0.25) is 0 Å². The van der Waals surface area contributed by atoms with E-state index in [1.165, 1.54) is 4.90 Å². The number of imide groups is 1. The topological polar surface area (TPSA) is 63.7 Å². The number of nitrogens with zero attached hydrogens (tertiary/aromatic N) is 1. The summed E-state index contributed by atoms with van der Waals surface area (Å²) in [5.41, 5.74) is 0.378. The van der Waals surface area contributed by atoms with Crippen molar-refractivity contribution in [3.63, 3.8) is 0 Å². The lowest BCUT2D eigenvalue weighted by Gasteiger charge is -2.17. The lowest BCUT2D eigenvalue weighted by atomic mass is 10.0. The molecule has 0 aromatic heterocycles. The van der Waals surface area contributed by atoms with E-state index >= 15 is 0 Å². The molecule has 3 rings (SSSR count). The quantitative estimate of drug-likeness (QED) is 0.618. The molecule has 1 aliphatic carbocycles. The smallest absolute Gasteiger partial charge is 0.312 e. The van der Waals surface area contributed by atoms with Crippen molar-refractivity contribution in [2.45, 2.75) is 26.7 Å². The maximum Gasteiger partial charge on any atom is 0.312 e. The van der Waals surface area contributed by atoms with Gasteiger partial charge in [0.05, 0.1) is 23.1 Å². The van der Waals surface area contributed by atoms with E-state index in [1.807, 2.05) is 6.92 Å². The van der Waals surface area contributed by atoms with Crippen molar-refractivity contribution in [1.82, 2.24) is 4.90 Å². The highest BCUT2D eigenvalue weighted by molar-refractivity contribution is 6.21. The normalized spacial score (nSPS) is 26.1. The van der Waals surface area contributed by atoms with E-state index in [-0.39, 0.29) is 23.7 Å². The van der Waals surface area contributed by atoms with Crippen LogP contribution in [0.5, 0.6) is 0 Å². The summed E-state index contributed by atoms with van der Waals surface area (Å²) in [6, 6.07) is 6.83. The molecule has 1 fully saturated rings. The van der Waals surface area contributed by atoms with Gasteiger partial charge in [0.25, 0.3) is 11.8 Å². The lowest BCUT2D eigenvalue weighted by Crippen LogP contribution is -2.34. The van der Waals surface area contributed by atoms with Gasteiger partial charge in [-0.3, -0.25) is 19.3 Å². The lowest BCUT2D eigenvalue weighted by molar-refractivity contribution is -0.150. The van der Waals surface area contributed by atoms with E-state index in [2.05, 4.69) is 0 Å². The number of hydrogen-bond acceptors (Lipinski definition) is 4. The van der Waals surface area contributed by atoms with Crippen LogP contribution in [0.25, 0.3) is 0 Å². The first-order valence-electron chi connectivity index (χ1n) is 7.67. The monoisotopic (exact) mass is 301 g/mol. The Hall–Kier alpha value is -2.17. The first-order chi connectivity index (χ1) is 10.5. The predicted molar refractivity (Wildman–Crippen MR) is 79.3 cm³/mol. The minimum atomic E-state index is -0.522. The van der Waals surface area contributed by atoms with Crippen LogP contribution in [0.15, 0.2) is 24.3 Å². The van der Waals surface area contributed by atoms with Gasteiger partial charge in [-0.2, -0.15) is 0 Å². The van der Waals surface area contributed by atoms with Crippen LogP contribution in [0.2, 0.25) is 0 Å². The van der Waals surface area contributed by atoms with E-state index < -0.39 is 5.41 Å². The van der Waals surface area contributed by atoms with Gasteiger partial charge in [-0.15, -0.1) is 0 Å². The van der Waals surface area contributed by atoms with Crippen LogP contribution in [0, 0.1) is 11.3 Å². The molecular formula is C17H19NO4. The highest BCUT2D eigenvalue weighted by Crippen LogP contribution is 2.56. The van der Waals surface area contributed by atoms with Crippen LogP contribution < -0.4 is 0 Å². The van der Waals surface area contributed by atoms with Gasteiger partial charge in [-0.1, -0.05) is 19.1 Å². The molecule has 0 bridgehead atoms. The molecule has 1 aromatic carbocycles. The zero-order chi connectivity index (χ0) is 15.9. The second-order valence-corrected chi connectivity index (χ2v) is 5.90. The SMILES string of the molecule is CCOC(=O)[C@@]1(CC)C[C@@H]1CN1C(=O)c2ccccc2C1=O. The zero-order valence-electron chi connectivity index (χ0n) is 12.8. The third-order valence-corrected chi connectivity index (χ3v) is 4.83. The average molecular weight is 301 g/mol. The van der Waals surface area contributed by atoms with Crippen molar-refractivity contribution < 1.29 is 19.1 Å². The maximum atomic E-state index is 12.4. The van der Waals surface area contributed by atoms with E-state index in [0.717, 1.165) is 0 Å². The molecule has 2 atom stereocenters. The summed E-state index contributed by atoms with van der Waals surface area (Å²) in [7, 11) is 0. The molecule has 0 spiro atoms. The van der Waals surface area contributed by atoms with Crippen LogP contribution in [-0.4, -0.2) is 35.8 Å². The molecule has 1 aliphatic heterocycles. The summed E-state index contributed by atoms with van der Waals surface area (Å²) in [6.07, 6.45) is 1.34. The summed E-state index contributed by atoms with van der Waals surface area (Å²) in [5.74, 6) is -0.736. The van der Waals surface area contributed by atoms with E-state index in [0.29, 0.717) is 37.1 Å². The molecule has 1 heterocycles. The minimum Gasteiger partial charge on any atom is -0.466 e.